The van der Waals surface area contributed by atoms with Crippen molar-refractivity contribution in [3.05, 3.63) is 28.2 Å². The number of halogens is 1. The number of benzene rings is 1. The Hall–Kier alpha value is -0.920. The molecule has 7 heteroatoms. The maximum Gasteiger partial charge on any atom is 0.335 e. The second kappa shape index (κ2) is 6.69. The fraction of sp³-hybridized carbons (Fsp3) is 0.462. The van der Waals surface area contributed by atoms with Crippen LogP contribution in [0.25, 0.3) is 0 Å². The molecule has 2 unspecified atom stereocenters. The Morgan fingerprint density at radius 2 is 2.00 bits per heavy atom. The van der Waals surface area contributed by atoms with Crippen molar-refractivity contribution in [2.45, 2.75) is 38.1 Å². The Balaban J connectivity index is 3.15. The highest BCUT2D eigenvalue weighted by Gasteiger charge is 2.23. The maximum atomic E-state index is 12.3. The molecule has 0 bridgehead atoms. The zero-order valence-electron chi connectivity index (χ0n) is 11.6. The number of carbonyl (C=O) groups is 1. The number of rotatable bonds is 6. The van der Waals surface area contributed by atoms with Gasteiger partial charge in [-0.05, 0) is 47.0 Å². The van der Waals surface area contributed by atoms with E-state index in [1.54, 1.807) is 6.92 Å². The topological polar surface area (TPSA) is 83.5 Å². The first-order valence-corrected chi connectivity index (χ1v) is 8.51. The number of hydrogen-bond acceptors (Lipinski definition) is 3. The summed E-state index contributed by atoms with van der Waals surface area (Å²) in [6, 6.07) is 3.69. The van der Waals surface area contributed by atoms with Crippen molar-refractivity contribution in [2.24, 2.45) is 5.92 Å². The van der Waals surface area contributed by atoms with Crippen LogP contribution in [0.3, 0.4) is 0 Å². The quantitative estimate of drug-likeness (QED) is 0.813. The molecule has 5 nitrogen and oxygen atoms in total. The molecule has 20 heavy (non-hydrogen) atoms. The minimum Gasteiger partial charge on any atom is -0.478 e. The van der Waals surface area contributed by atoms with Crippen molar-refractivity contribution in [2.75, 3.05) is 0 Å². The summed E-state index contributed by atoms with van der Waals surface area (Å²) in [5.74, 6) is -0.977. The van der Waals surface area contributed by atoms with Crippen LogP contribution < -0.4 is 4.72 Å². The molecule has 112 valence electrons. The van der Waals surface area contributed by atoms with Crippen molar-refractivity contribution in [3.63, 3.8) is 0 Å². The van der Waals surface area contributed by atoms with Crippen LogP contribution in [-0.2, 0) is 10.0 Å². The van der Waals surface area contributed by atoms with Crippen LogP contribution in [0.4, 0.5) is 0 Å². The number of nitrogens with one attached hydrogen (secondary N) is 1. The Labute approximate surface area is 127 Å². The summed E-state index contributed by atoms with van der Waals surface area (Å²) in [6.07, 6.45) is 0.847. The second-order valence-corrected chi connectivity index (χ2v) is 7.28. The summed E-state index contributed by atoms with van der Waals surface area (Å²) in [7, 11) is -3.76. The Morgan fingerprint density at radius 1 is 1.40 bits per heavy atom. The minimum absolute atomic E-state index is 0.0625. The van der Waals surface area contributed by atoms with Crippen LogP contribution in [0.5, 0.6) is 0 Å². The van der Waals surface area contributed by atoms with Crippen LogP contribution in [-0.4, -0.2) is 25.5 Å². The van der Waals surface area contributed by atoms with Crippen molar-refractivity contribution in [1.82, 2.24) is 4.72 Å². The van der Waals surface area contributed by atoms with Crippen LogP contribution in [0.1, 0.15) is 37.6 Å². The first-order chi connectivity index (χ1) is 9.19. The van der Waals surface area contributed by atoms with Gasteiger partial charge in [0.15, 0.2) is 0 Å². The third-order valence-electron chi connectivity index (χ3n) is 3.31. The molecule has 0 aliphatic carbocycles. The zero-order chi connectivity index (χ0) is 15.5. The van der Waals surface area contributed by atoms with Gasteiger partial charge in [-0.1, -0.05) is 20.3 Å². The molecule has 1 rings (SSSR count). The van der Waals surface area contributed by atoms with Gasteiger partial charge in [-0.2, -0.15) is 0 Å². The van der Waals surface area contributed by atoms with Gasteiger partial charge in [0, 0.05) is 10.5 Å². The van der Waals surface area contributed by atoms with E-state index in [4.69, 9.17) is 5.11 Å². The van der Waals surface area contributed by atoms with E-state index in [1.165, 1.54) is 12.1 Å². The Kier molecular flexibility index (Phi) is 5.73. The molecule has 0 aliphatic heterocycles. The summed E-state index contributed by atoms with van der Waals surface area (Å²) < 4.78 is 27.6. The molecule has 0 aromatic heterocycles. The summed E-state index contributed by atoms with van der Waals surface area (Å²) in [4.78, 5) is 10.9. The maximum absolute atomic E-state index is 12.3. The molecule has 0 amide bonds. The normalized spacial score (nSPS) is 14.8. The highest BCUT2D eigenvalue weighted by Crippen LogP contribution is 2.24. The summed E-state index contributed by atoms with van der Waals surface area (Å²) in [5, 5.41) is 8.94. The van der Waals surface area contributed by atoms with Gasteiger partial charge < -0.3 is 5.11 Å². The lowest BCUT2D eigenvalue weighted by Crippen LogP contribution is -2.37. The van der Waals surface area contributed by atoms with E-state index < -0.39 is 16.0 Å². The molecule has 0 aliphatic rings. The lowest BCUT2D eigenvalue weighted by Gasteiger charge is -2.20. The third-order valence-corrected chi connectivity index (χ3v) is 5.86. The predicted molar refractivity (Wildman–Crippen MR) is 80.3 cm³/mol. The van der Waals surface area contributed by atoms with E-state index in [2.05, 4.69) is 20.7 Å². The highest BCUT2D eigenvalue weighted by atomic mass is 79.9. The number of hydrogen-bond donors (Lipinski definition) is 2. The second-order valence-electron chi connectivity index (χ2n) is 4.75. The van der Waals surface area contributed by atoms with E-state index in [0.717, 1.165) is 12.5 Å². The predicted octanol–water partition coefficient (Wildman–Crippen LogP) is 2.86. The van der Waals surface area contributed by atoms with Gasteiger partial charge in [0.05, 0.1) is 10.5 Å². The molecule has 0 heterocycles. The molecule has 0 saturated heterocycles. The number of sulfonamides is 1. The number of aromatic carboxylic acids is 1. The smallest absolute Gasteiger partial charge is 0.335 e. The van der Waals surface area contributed by atoms with Crippen molar-refractivity contribution in [1.29, 1.82) is 0 Å². The van der Waals surface area contributed by atoms with Gasteiger partial charge in [-0.15, -0.1) is 0 Å². The minimum atomic E-state index is -3.76. The van der Waals surface area contributed by atoms with Gasteiger partial charge in [0.25, 0.3) is 0 Å². The third kappa shape index (κ3) is 4.04. The summed E-state index contributed by atoms with van der Waals surface area (Å²) in [5.41, 5.74) is -0.0650. The summed E-state index contributed by atoms with van der Waals surface area (Å²) >= 11 is 3.15. The Morgan fingerprint density at radius 3 is 2.50 bits per heavy atom. The van der Waals surface area contributed by atoms with E-state index in [-0.39, 0.29) is 22.4 Å². The molecule has 0 radical (unpaired) electrons. The molecule has 0 fully saturated rings. The molecule has 1 aromatic carbocycles. The molecule has 2 atom stereocenters. The van der Waals surface area contributed by atoms with E-state index in [9.17, 15) is 13.2 Å². The van der Waals surface area contributed by atoms with Crippen molar-refractivity contribution >= 4 is 31.9 Å². The van der Waals surface area contributed by atoms with Gasteiger partial charge in [0.2, 0.25) is 10.0 Å². The SMILES string of the molecule is CCC(C)C(C)NS(=O)(=O)c1cc(C(=O)O)ccc1Br. The molecule has 2 N–H and O–H groups in total. The van der Waals surface area contributed by atoms with Crippen LogP contribution in [0.15, 0.2) is 27.6 Å². The first-order valence-electron chi connectivity index (χ1n) is 6.24. The average molecular weight is 364 g/mol. The molecule has 0 spiro atoms. The molecular weight excluding hydrogens is 346 g/mol. The number of carboxylic acid groups (broad SMARTS) is 1. The number of carboxylic acids is 1. The van der Waals surface area contributed by atoms with Crippen LogP contribution >= 0.6 is 15.9 Å². The Bertz CT molecular complexity index is 600. The monoisotopic (exact) mass is 363 g/mol. The largest absolute Gasteiger partial charge is 0.478 e. The lowest BCUT2D eigenvalue weighted by atomic mass is 10.0. The first kappa shape index (κ1) is 17.1. The fourth-order valence-corrected chi connectivity index (χ4v) is 3.96. The van der Waals surface area contributed by atoms with Gasteiger partial charge in [-0.25, -0.2) is 17.9 Å². The molecular formula is C13H18BrNO4S. The van der Waals surface area contributed by atoms with E-state index >= 15 is 0 Å². The standard InChI is InChI=1S/C13H18BrNO4S/c1-4-8(2)9(3)15-20(18,19)12-7-10(13(16)17)5-6-11(12)14/h5-9,15H,4H2,1-3H3,(H,16,17). The fourth-order valence-electron chi connectivity index (χ4n) is 1.62. The average Bonchev–Trinajstić information content (AvgIpc) is 2.37. The van der Waals surface area contributed by atoms with Crippen molar-refractivity contribution in [3.8, 4) is 0 Å². The summed E-state index contributed by atoms with van der Waals surface area (Å²) in [6.45, 7) is 5.73. The van der Waals surface area contributed by atoms with Crippen LogP contribution in [0, 0.1) is 5.92 Å². The van der Waals surface area contributed by atoms with Gasteiger partial charge in [-0.3, -0.25) is 0 Å². The van der Waals surface area contributed by atoms with Gasteiger partial charge >= 0.3 is 5.97 Å². The van der Waals surface area contributed by atoms with E-state index in [1.807, 2.05) is 13.8 Å². The zero-order valence-corrected chi connectivity index (χ0v) is 14.0. The van der Waals surface area contributed by atoms with Crippen LogP contribution in [0.2, 0.25) is 0 Å². The van der Waals surface area contributed by atoms with E-state index in [0.29, 0.717) is 4.47 Å². The molecule has 1 aromatic rings. The van der Waals surface area contributed by atoms with Crippen molar-refractivity contribution < 1.29 is 18.3 Å². The van der Waals surface area contributed by atoms with Gasteiger partial charge in [0.1, 0.15) is 0 Å². The lowest BCUT2D eigenvalue weighted by molar-refractivity contribution is 0.0696. The molecule has 0 saturated carbocycles. The highest BCUT2D eigenvalue weighted by molar-refractivity contribution is 9.10.